The van der Waals surface area contributed by atoms with Gasteiger partial charge in [-0.05, 0) is 63.6 Å². The molecule has 1 aliphatic rings. The molecule has 4 rings (SSSR count). The van der Waals surface area contributed by atoms with Gasteiger partial charge in [0.25, 0.3) is 5.91 Å². The van der Waals surface area contributed by atoms with E-state index in [2.05, 4.69) is 10.3 Å². The molecule has 14 heteroatoms. The Labute approximate surface area is 257 Å². The highest BCUT2D eigenvalue weighted by Crippen LogP contribution is 2.35. The highest BCUT2D eigenvalue weighted by Gasteiger charge is 2.32. The van der Waals surface area contributed by atoms with Gasteiger partial charge in [-0.1, -0.05) is 44.2 Å². The largest absolute Gasteiger partial charge is 0.444 e. The van der Waals surface area contributed by atoms with Crippen LogP contribution < -0.4 is 10.1 Å². The normalized spacial score (nSPS) is 13.4. The topological polar surface area (TPSA) is 101 Å². The molecule has 43 heavy (non-hydrogen) atoms. The summed E-state index contributed by atoms with van der Waals surface area (Å²) < 4.78 is 50.4. The minimum Gasteiger partial charge on any atom is -0.444 e. The molecular weight excluding hydrogens is 609 g/mol. The zero-order chi connectivity index (χ0) is 31.4. The van der Waals surface area contributed by atoms with Crippen molar-refractivity contribution in [2.24, 2.45) is 0 Å². The number of carbonyl (C=O) groups is 3. The minimum atomic E-state index is -4.51. The van der Waals surface area contributed by atoms with Gasteiger partial charge in [-0.3, -0.25) is 10.1 Å². The van der Waals surface area contributed by atoms with Crippen LogP contribution in [0.3, 0.4) is 0 Å². The first-order valence-corrected chi connectivity index (χ1v) is 14.3. The standard InChI is InChI=1S/C26H26ClF3N4O5S.C2H6.CH4/c1-14-11-16(27)13-17(21(35)32-22-31-18-6-5-15(26(28,29)30)12-19(18)40-22)20(14)38-23(36)33-7-9-34(10-8-33)24(37)39-25(2,3)4;1-2;/h5-6,11-13H,7-10H2,1-4H3,(H,31,32,35);1-2H3;1H4. The van der Waals surface area contributed by atoms with Crippen molar-refractivity contribution in [3.63, 3.8) is 0 Å². The Hall–Kier alpha value is -3.58. The summed E-state index contributed by atoms with van der Waals surface area (Å²) in [6.45, 7) is 11.8. The van der Waals surface area contributed by atoms with Crippen LogP contribution in [0.5, 0.6) is 5.75 Å². The summed E-state index contributed by atoms with van der Waals surface area (Å²) in [5.41, 5.74) is -0.826. The molecule has 0 radical (unpaired) electrons. The van der Waals surface area contributed by atoms with Crippen LogP contribution in [0.1, 0.15) is 63.5 Å². The number of aryl methyl sites for hydroxylation is 1. The van der Waals surface area contributed by atoms with E-state index in [1.165, 1.54) is 28.0 Å². The highest BCUT2D eigenvalue weighted by molar-refractivity contribution is 7.22. The summed E-state index contributed by atoms with van der Waals surface area (Å²) in [7, 11) is 0. The molecule has 2 aromatic carbocycles. The number of hydrogen-bond donors (Lipinski definition) is 1. The fourth-order valence-electron chi connectivity index (χ4n) is 3.90. The predicted octanol–water partition coefficient (Wildman–Crippen LogP) is 8.24. The molecule has 0 spiro atoms. The number of nitrogens with zero attached hydrogens (tertiary/aromatic N) is 3. The van der Waals surface area contributed by atoms with E-state index in [1.54, 1.807) is 27.7 Å². The summed E-state index contributed by atoms with van der Waals surface area (Å²) in [5, 5.41) is 2.83. The number of alkyl halides is 3. The molecule has 1 saturated heterocycles. The van der Waals surface area contributed by atoms with Crippen LogP contribution in [0.25, 0.3) is 10.2 Å². The lowest BCUT2D eigenvalue weighted by Crippen LogP contribution is -2.52. The van der Waals surface area contributed by atoms with E-state index >= 15 is 0 Å². The van der Waals surface area contributed by atoms with Gasteiger partial charge < -0.3 is 19.3 Å². The van der Waals surface area contributed by atoms with Crippen molar-refractivity contribution in [2.75, 3.05) is 31.5 Å². The molecule has 0 saturated carbocycles. The molecule has 0 aliphatic carbocycles. The van der Waals surface area contributed by atoms with Crippen molar-refractivity contribution in [3.8, 4) is 5.75 Å². The molecule has 3 aromatic rings. The Morgan fingerprint density at radius 3 is 2.12 bits per heavy atom. The third-order valence-electron chi connectivity index (χ3n) is 5.80. The summed E-state index contributed by atoms with van der Waals surface area (Å²) in [6, 6.07) is 5.95. The van der Waals surface area contributed by atoms with Gasteiger partial charge in [-0.25, -0.2) is 14.6 Å². The first-order valence-electron chi connectivity index (χ1n) is 13.1. The Balaban J connectivity index is 0.00000211. The molecule has 2 heterocycles. The van der Waals surface area contributed by atoms with Gasteiger partial charge in [0.05, 0.1) is 21.3 Å². The molecular formula is C29H36ClF3N4O5S. The number of nitrogens with one attached hydrogen (secondary N) is 1. The summed E-state index contributed by atoms with van der Waals surface area (Å²) in [6.07, 6.45) is -5.71. The number of ether oxygens (including phenoxy) is 2. The second-order valence-corrected chi connectivity index (χ2v) is 11.5. The van der Waals surface area contributed by atoms with Crippen molar-refractivity contribution in [1.82, 2.24) is 14.8 Å². The van der Waals surface area contributed by atoms with Crippen molar-refractivity contribution in [1.29, 1.82) is 0 Å². The monoisotopic (exact) mass is 644 g/mol. The van der Waals surface area contributed by atoms with E-state index in [0.717, 1.165) is 23.5 Å². The van der Waals surface area contributed by atoms with Gasteiger partial charge in [-0.2, -0.15) is 13.2 Å². The molecule has 9 nitrogen and oxygen atoms in total. The molecule has 1 aliphatic heterocycles. The quantitative estimate of drug-likeness (QED) is 0.308. The van der Waals surface area contributed by atoms with Crippen LogP contribution in [0.4, 0.5) is 27.9 Å². The lowest BCUT2D eigenvalue weighted by atomic mass is 10.1. The van der Waals surface area contributed by atoms with Gasteiger partial charge in [0.15, 0.2) is 5.13 Å². The maximum atomic E-state index is 13.2. The van der Waals surface area contributed by atoms with E-state index in [-0.39, 0.29) is 65.3 Å². The van der Waals surface area contributed by atoms with E-state index in [1.807, 2.05) is 13.8 Å². The van der Waals surface area contributed by atoms with Crippen LogP contribution in [0, 0.1) is 6.92 Å². The summed E-state index contributed by atoms with van der Waals surface area (Å²) in [5.74, 6) is -0.736. The number of hydrogen-bond acceptors (Lipinski definition) is 7. The fourth-order valence-corrected chi connectivity index (χ4v) is 5.08. The zero-order valence-corrected chi connectivity index (χ0v) is 25.6. The molecule has 1 N–H and O–H groups in total. The van der Waals surface area contributed by atoms with Crippen LogP contribution >= 0.6 is 22.9 Å². The Kier molecular flexibility index (Phi) is 11.8. The molecule has 0 bridgehead atoms. The Morgan fingerprint density at radius 1 is 0.977 bits per heavy atom. The lowest BCUT2D eigenvalue weighted by molar-refractivity contribution is -0.137. The third kappa shape index (κ3) is 9.20. The molecule has 0 unspecified atom stereocenters. The van der Waals surface area contributed by atoms with Crippen molar-refractivity contribution < 1.29 is 37.0 Å². The number of halogens is 4. The van der Waals surface area contributed by atoms with E-state index < -0.39 is 35.4 Å². The smallest absolute Gasteiger partial charge is 0.416 e. The predicted molar refractivity (Wildman–Crippen MR) is 162 cm³/mol. The van der Waals surface area contributed by atoms with Crippen LogP contribution in [0.15, 0.2) is 30.3 Å². The van der Waals surface area contributed by atoms with Gasteiger partial charge in [-0.15, -0.1) is 0 Å². The number of benzene rings is 2. The summed E-state index contributed by atoms with van der Waals surface area (Å²) in [4.78, 5) is 45.5. The van der Waals surface area contributed by atoms with Gasteiger partial charge in [0, 0.05) is 31.2 Å². The minimum absolute atomic E-state index is 0. The van der Waals surface area contributed by atoms with E-state index in [9.17, 15) is 27.6 Å². The van der Waals surface area contributed by atoms with Gasteiger partial charge in [0.2, 0.25) is 0 Å². The number of thiazole rings is 1. The van der Waals surface area contributed by atoms with E-state index in [0.29, 0.717) is 5.56 Å². The second kappa shape index (κ2) is 14.3. The number of anilines is 1. The van der Waals surface area contributed by atoms with Crippen molar-refractivity contribution in [3.05, 3.63) is 52.0 Å². The second-order valence-electron chi connectivity index (χ2n) is 10.1. The molecule has 1 fully saturated rings. The number of amides is 3. The Morgan fingerprint density at radius 2 is 1.56 bits per heavy atom. The molecule has 1 aromatic heterocycles. The van der Waals surface area contributed by atoms with Gasteiger partial charge >= 0.3 is 18.4 Å². The van der Waals surface area contributed by atoms with Crippen LogP contribution in [0.2, 0.25) is 5.02 Å². The first-order chi connectivity index (χ1) is 19.6. The molecule has 236 valence electrons. The number of piperazine rings is 1. The summed E-state index contributed by atoms with van der Waals surface area (Å²) >= 11 is 7.04. The van der Waals surface area contributed by atoms with Crippen LogP contribution in [-0.4, -0.2) is 64.7 Å². The number of carbonyl (C=O) groups excluding carboxylic acids is 3. The van der Waals surface area contributed by atoms with Gasteiger partial charge in [0.1, 0.15) is 11.4 Å². The highest BCUT2D eigenvalue weighted by atomic mass is 35.5. The zero-order valence-electron chi connectivity index (χ0n) is 24.0. The average Bonchev–Trinajstić information content (AvgIpc) is 3.31. The number of aromatic nitrogens is 1. The maximum absolute atomic E-state index is 13.2. The van der Waals surface area contributed by atoms with Crippen molar-refractivity contribution >= 4 is 56.4 Å². The molecule has 3 amide bonds. The molecule has 0 atom stereocenters. The van der Waals surface area contributed by atoms with Crippen molar-refractivity contribution in [2.45, 2.75) is 60.7 Å². The fraction of sp³-hybridized carbons (Fsp3) is 0.448. The maximum Gasteiger partial charge on any atom is 0.416 e. The third-order valence-corrected chi connectivity index (χ3v) is 6.95. The van der Waals surface area contributed by atoms with Crippen LogP contribution in [-0.2, 0) is 10.9 Å². The SMILES string of the molecule is C.CC.Cc1cc(Cl)cc(C(=O)Nc2nc3ccc(C(F)(F)F)cc3s2)c1OC(=O)N1CCN(C(=O)OC(C)(C)C)CC1. The number of rotatable bonds is 3. The van der Waals surface area contributed by atoms with E-state index in [4.69, 9.17) is 21.1 Å². The first kappa shape index (κ1) is 35.6. The average molecular weight is 645 g/mol. The Bertz CT molecular complexity index is 1460. The lowest BCUT2D eigenvalue weighted by Gasteiger charge is -2.35. The number of fused-ring (bicyclic) bond motifs is 1.